The molecule has 0 heterocycles. The van der Waals surface area contributed by atoms with E-state index in [9.17, 15) is 9.59 Å². The molecule has 0 spiro atoms. The van der Waals surface area contributed by atoms with Gasteiger partial charge in [0.2, 0.25) is 0 Å². The van der Waals surface area contributed by atoms with Gasteiger partial charge in [-0.3, -0.25) is 9.59 Å². The van der Waals surface area contributed by atoms with Gasteiger partial charge >= 0.3 is 5.97 Å². The average Bonchev–Trinajstić information content (AvgIpc) is 2.41. The van der Waals surface area contributed by atoms with E-state index in [-0.39, 0.29) is 11.9 Å². The highest BCUT2D eigenvalue weighted by Gasteiger charge is 2.14. The molecule has 0 bridgehead atoms. The summed E-state index contributed by atoms with van der Waals surface area (Å²) in [5, 5.41) is 0.928. The largest absolute Gasteiger partial charge is 0.466 e. The lowest BCUT2D eigenvalue weighted by molar-refractivity contribution is -0.143. The predicted molar refractivity (Wildman–Crippen MR) is 80.7 cm³/mol. The van der Waals surface area contributed by atoms with E-state index in [1.165, 1.54) is 0 Å². The maximum absolute atomic E-state index is 11.3. The highest BCUT2D eigenvalue weighted by atomic mass is 35.5. The number of esters is 1. The van der Waals surface area contributed by atoms with Gasteiger partial charge in [-0.1, -0.05) is 30.1 Å². The van der Waals surface area contributed by atoms with Gasteiger partial charge < -0.3 is 4.74 Å². The minimum Gasteiger partial charge on any atom is -0.466 e. The Balaban J connectivity index is 2.64. The van der Waals surface area contributed by atoms with Crippen LogP contribution in [0.4, 0.5) is 0 Å². The third kappa shape index (κ3) is 4.80. The molecule has 0 radical (unpaired) electrons. The number of ether oxygens (including phenoxy) is 1. The van der Waals surface area contributed by atoms with Gasteiger partial charge in [0.1, 0.15) is 0 Å². The van der Waals surface area contributed by atoms with E-state index < -0.39 is 0 Å². The van der Waals surface area contributed by atoms with E-state index in [0.717, 1.165) is 18.4 Å². The van der Waals surface area contributed by atoms with E-state index in [4.69, 9.17) is 27.9 Å². The summed E-state index contributed by atoms with van der Waals surface area (Å²) in [6.07, 6.45) is 2.61. The molecule has 20 heavy (non-hydrogen) atoms. The quantitative estimate of drug-likeness (QED) is 0.543. The first-order valence-corrected chi connectivity index (χ1v) is 7.34. The molecule has 0 N–H and O–H groups in total. The van der Waals surface area contributed by atoms with Crippen LogP contribution in [0, 0.1) is 0 Å². The molecule has 0 fully saturated rings. The first kappa shape index (κ1) is 17.0. The minimum absolute atomic E-state index is 0.162. The molecule has 0 amide bonds. The first-order chi connectivity index (χ1) is 9.49. The highest BCUT2D eigenvalue weighted by molar-refractivity contribution is 6.35. The fraction of sp³-hybridized carbons (Fsp3) is 0.467. The Morgan fingerprint density at radius 2 is 2.05 bits per heavy atom. The van der Waals surface area contributed by atoms with Crippen LogP contribution < -0.4 is 0 Å². The second kappa shape index (κ2) is 8.28. The Kier molecular flexibility index (Phi) is 7.03. The molecule has 1 atom stereocenters. The van der Waals surface area contributed by atoms with Crippen LogP contribution in [0.2, 0.25) is 10.0 Å². The molecule has 0 saturated heterocycles. The molecule has 0 aliphatic carbocycles. The summed E-state index contributed by atoms with van der Waals surface area (Å²) in [5.74, 6) is -0.0183. The van der Waals surface area contributed by atoms with Gasteiger partial charge in [-0.05, 0) is 43.4 Å². The van der Waals surface area contributed by atoms with Gasteiger partial charge in [-0.15, -0.1) is 0 Å². The molecule has 1 aromatic carbocycles. The topological polar surface area (TPSA) is 43.4 Å². The molecule has 0 aromatic heterocycles. The smallest absolute Gasteiger partial charge is 0.305 e. The Hall–Kier alpha value is -1.06. The number of rotatable bonds is 7. The highest BCUT2D eigenvalue weighted by Crippen LogP contribution is 2.32. The van der Waals surface area contributed by atoms with Crippen LogP contribution in [0.3, 0.4) is 0 Å². The van der Waals surface area contributed by atoms with Gasteiger partial charge in [-0.2, -0.15) is 0 Å². The third-order valence-electron chi connectivity index (χ3n) is 3.10. The normalized spacial score (nSPS) is 12.0. The summed E-state index contributed by atoms with van der Waals surface area (Å²) in [7, 11) is 0. The predicted octanol–water partition coefficient (Wildman–Crippen LogP) is 4.64. The Labute approximate surface area is 129 Å². The lowest BCUT2D eigenvalue weighted by Crippen LogP contribution is -2.04. The molecule has 5 heteroatoms. The first-order valence-electron chi connectivity index (χ1n) is 6.59. The Morgan fingerprint density at radius 3 is 2.65 bits per heavy atom. The van der Waals surface area contributed by atoms with Crippen molar-refractivity contribution in [2.45, 2.75) is 39.0 Å². The van der Waals surface area contributed by atoms with Crippen LogP contribution in [0.25, 0.3) is 0 Å². The second-order valence-corrected chi connectivity index (χ2v) is 5.43. The van der Waals surface area contributed by atoms with E-state index in [1.807, 2.05) is 6.92 Å². The summed E-state index contributed by atoms with van der Waals surface area (Å²) in [5.41, 5.74) is 1.28. The molecule has 110 valence electrons. The van der Waals surface area contributed by atoms with Crippen molar-refractivity contribution in [2.75, 3.05) is 6.61 Å². The minimum atomic E-state index is -0.180. The van der Waals surface area contributed by atoms with Crippen molar-refractivity contribution in [1.29, 1.82) is 0 Å². The van der Waals surface area contributed by atoms with Crippen LogP contribution in [0.15, 0.2) is 12.1 Å². The van der Waals surface area contributed by atoms with Gasteiger partial charge in [0.15, 0.2) is 6.29 Å². The van der Waals surface area contributed by atoms with Crippen molar-refractivity contribution < 1.29 is 14.3 Å². The molecule has 1 rings (SSSR count). The maximum Gasteiger partial charge on any atom is 0.305 e. The van der Waals surface area contributed by atoms with Crippen molar-refractivity contribution >= 4 is 35.5 Å². The van der Waals surface area contributed by atoms with Crippen molar-refractivity contribution in [1.82, 2.24) is 0 Å². The third-order valence-corrected chi connectivity index (χ3v) is 3.75. The Bertz CT molecular complexity index is 486. The van der Waals surface area contributed by atoms with E-state index >= 15 is 0 Å². The van der Waals surface area contributed by atoms with Gasteiger partial charge in [0.25, 0.3) is 0 Å². The average molecular weight is 317 g/mol. The van der Waals surface area contributed by atoms with Gasteiger partial charge in [0.05, 0.1) is 11.6 Å². The molecule has 0 aliphatic rings. The summed E-state index contributed by atoms with van der Waals surface area (Å²) in [4.78, 5) is 22.0. The standard InChI is InChI=1S/C15H18Cl2O3/c1-3-20-15(19)6-4-5-10(2)12-8-13(16)11(9-18)7-14(12)17/h7-10H,3-6H2,1-2H3. The number of aldehydes is 1. The van der Waals surface area contributed by atoms with Crippen LogP contribution in [-0.2, 0) is 9.53 Å². The van der Waals surface area contributed by atoms with E-state index in [1.54, 1.807) is 19.1 Å². The number of benzene rings is 1. The number of hydrogen-bond acceptors (Lipinski definition) is 3. The van der Waals surface area contributed by atoms with E-state index in [0.29, 0.717) is 34.9 Å². The number of halogens is 2. The summed E-state index contributed by atoms with van der Waals surface area (Å²) in [6, 6.07) is 3.30. The van der Waals surface area contributed by atoms with Gasteiger partial charge in [-0.25, -0.2) is 0 Å². The number of carbonyl (C=O) groups excluding carboxylic acids is 2. The fourth-order valence-electron chi connectivity index (χ4n) is 1.99. The van der Waals surface area contributed by atoms with Crippen LogP contribution in [0.5, 0.6) is 0 Å². The van der Waals surface area contributed by atoms with Crippen LogP contribution >= 0.6 is 23.2 Å². The molecular weight excluding hydrogens is 299 g/mol. The number of hydrogen-bond donors (Lipinski definition) is 0. The summed E-state index contributed by atoms with van der Waals surface area (Å²) >= 11 is 12.2. The lowest BCUT2D eigenvalue weighted by Gasteiger charge is -2.14. The van der Waals surface area contributed by atoms with Crippen molar-refractivity contribution in [3.05, 3.63) is 33.3 Å². The van der Waals surface area contributed by atoms with E-state index in [2.05, 4.69) is 0 Å². The molecule has 1 unspecified atom stereocenters. The lowest BCUT2D eigenvalue weighted by atomic mass is 9.94. The zero-order valence-electron chi connectivity index (χ0n) is 11.6. The second-order valence-electron chi connectivity index (χ2n) is 4.61. The zero-order valence-corrected chi connectivity index (χ0v) is 13.1. The summed E-state index contributed by atoms with van der Waals surface area (Å²) in [6.45, 7) is 4.21. The Morgan fingerprint density at radius 1 is 1.35 bits per heavy atom. The fourth-order valence-corrected chi connectivity index (χ4v) is 2.56. The SMILES string of the molecule is CCOC(=O)CCCC(C)c1cc(Cl)c(C=O)cc1Cl. The van der Waals surface area contributed by atoms with Gasteiger partial charge in [0, 0.05) is 17.0 Å². The van der Waals surface area contributed by atoms with Crippen molar-refractivity contribution in [2.24, 2.45) is 0 Å². The number of carbonyl (C=O) groups is 2. The van der Waals surface area contributed by atoms with Crippen LogP contribution in [-0.4, -0.2) is 18.9 Å². The van der Waals surface area contributed by atoms with Crippen molar-refractivity contribution in [3.63, 3.8) is 0 Å². The molecule has 0 aliphatic heterocycles. The molecular formula is C15H18Cl2O3. The zero-order chi connectivity index (χ0) is 15.1. The molecule has 0 saturated carbocycles. The monoisotopic (exact) mass is 316 g/mol. The maximum atomic E-state index is 11.3. The van der Waals surface area contributed by atoms with Crippen LogP contribution in [0.1, 0.15) is 54.9 Å². The molecule has 3 nitrogen and oxygen atoms in total. The van der Waals surface area contributed by atoms with Crippen molar-refractivity contribution in [3.8, 4) is 0 Å². The summed E-state index contributed by atoms with van der Waals surface area (Å²) < 4.78 is 4.88. The molecule has 1 aromatic rings.